The van der Waals surface area contributed by atoms with Crippen molar-refractivity contribution in [2.45, 2.75) is 19.3 Å². The van der Waals surface area contributed by atoms with Crippen LogP contribution in [0.15, 0.2) is 18.2 Å². The molecule has 8 nitrogen and oxygen atoms in total. The third kappa shape index (κ3) is 3.77. The second-order valence-electron chi connectivity index (χ2n) is 4.69. The first-order valence-corrected chi connectivity index (χ1v) is 7.06. The molecule has 0 aliphatic rings. The summed E-state index contributed by atoms with van der Waals surface area (Å²) in [4.78, 5) is 11.5. The summed E-state index contributed by atoms with van der Waals surface area (Å²) in [6.45, 7) is 0.415. The van der Waals surface area contributed by atoms with E-state index in [0.29, 0.717) is 35.8 Å². The average molecular weight is 315 g/mol. The van der Waals surface area contributed by atoms with Gasteiger partial charge >= 0.3 is 0 Å². The van der Waals surface area contributed by atoms with E-state index in [2.05, 4.69) is 21.5 Å². The maximum absolute atomic E-state index is 11.5. The number of nitrogens with two attached hydrogens (primary N) is 1. The molecule has 1 amide bonds. The summed E-state index contributed by atoms with van der Waals surface area (Å²) < 4.78 is 11.1. The number of carbonyl (C=O) groups excluding carboxylic acids is 1. The van der Waals surface area contributed by atoms with Gasteiger partial charge in [-0.05, 0) is 25.0 Å². The molecule has 1 heterocycles. The van der Waals surface area contributed by atoms with Crippen LogP contribution >= 0.6 is 0 Å². The third-order valence-corrected chi connectivity index (χ3v) is 3.16. The Morgan fingerprint density at radius 3 is 2.91 bits per heavy atom. The number of carbonyl (C=O) groups is 1. The Morgan fingerprint density at radius 1 is 1.39 bits per heavy atom. The molecule has 2 aromatic rings. The quantitative estimate of drug-likeness (QED) is 0.713. The first kappa shape index (κ1) is 16.3. The zero-order valence-corrected chi connectivity index (χ0v) is 12.7. The lowest BCUT2D eigenvalue weighted by molar-refractivity contribution is 0.0996. The first-order valence-electron chi connectivity index (χ1n) is 7.06. The number of H-pyrrole nitrogens is 1. The molecule has 0 aliphatic carbocycles. The van der Waals surface area contributed by atoms with E-state index in [1.165, 1.54) is 7.11 Å². The molecule has 0 unspecified atom stereocenters. The second-order valence-corrected chi connectivity index (χ2v) is 4.69. The Kier molecular flexibility index (Phi) is 5.52. The van der Waals surface area contributed by atoms with Crippen LogP contribution in [0.1, 0.15) is 29.8 Å². The SMILES string of the molecule is COc1cccc(-c2n[nH]nc2C(N)=O)c1OCCCCC#N. The van der Waals surface area contributed by atoms with Crippen LogP contribution in [0.3, 0.4) is 0 Å². The fourth-order valence-corrected chi connectivity index (χ4v) is 2.08. The maximum Gasteiger partial charge on any atom is 0.271 e. The van der Waals surface area contributed by atoms with Crippen molar-refractivity contribution in [1.29, 1.82) is 5.26 Å². The molecule has 0 fully saturated rings. The van der Waals surface area contributed by atoms with Gasteiger partial charge in [0.05, 0.1) is 25.3 Å². The number of rotatable bonds is 8. The lowest BCUT2D eigenvalue weighted by Crippen LogP contribution is -2.13. The van der Waals surface area contributed by atoms with Crippen molar-refractivity contribution in [2.75, 3.05) is 13.7 Å². The van der Waals surface area contributed by atoms with Crippen LogP contribution in [0.4, 0.5) is 0 Å². The van der Waals surface area contributed by atoms with E-state index in [0.717, 1.165) is 12.8 Å². The molecule has 3 N–H and O–H groups in total. The number of para-hydroxylation sites is 1. The molecule has 8 heteroatoms. The van der Waals surface area contributed by atoms with Crippen LogP contribution in [0, 0.1) is 11.3 Å². The number of benzene rings is 1. The zero-order valence-electron chi connectivity index (χ0n) is 12.7. The van der Waals surface area contributed by atoms with Gasteiger partial charge in [-0.2, -0.15) is 20.7 Å². The van der Waals surface area contributed by atoms with Gasteiger partial charge in [0.15, 0.2) is 17.2 Å². The number of primary amides is 1. The Hall–Kier alpha value is -3.08. The smallest absolute Gasteiger partial charge is 0.271 e. The van der Waals surface area contributed by atoms with E-state index in [1.54, 1.807) is 18.2 Å². The summed E-state index contributed by atoms with van der Waals surface area (Å²) in [5.41, 5.74) is 6.21. The van der Waals surface area contributed by atoms with Gasteiger partial charge in [-0.15, -0.1) is 0 Å². The van der Waals surface area contributed by atoms with Crippen LogP contribution in [0.2, 0.25) is 0 Å². The molecule has 1 aromatic carbocycles. The molecule has 0 saturated carbocycles. The summed E-state index contributed by atoms with van der Waals surface area (Å²) in [6, 6.07) is 7.34. The van der Waals surface area contributed by atoms with Crippen molar-refractivity contribution in [2.24, 2.45) is 5.73 Å². The van der Waals surface area contributed by atoms with Crippen LogP contribution in [0.25, 0.3) is 11.3 Å². The van der Waals surface area contributed by atoms with Crippen LogP contribution in [-0.4, -0.2) is 35.0 Å². The van der Waals surface area contributed by atoms with Gasteiger partial charge in [-0.25, -0.2) is 0 Å². The van der Waals surface area contributed by atoms with Crippen molar-refractivity contribution in [3.63, 3.8) is 0 Å². The molecule has 0 bridgehead atoms. The van der Waals surface area contributed by atoms with Gasteiger partial charge in [0.1, 0.15) is 5.69 Å². The van der Waals surface area contributed by atoms with E-state index < -0.39 is 5.91 Å². The molecule has 0 saturated heterocycles. The molecule has 0 atom stereocenters. The number of aromatic amines is 1. The van der Waals surface area contributed by atoms with E-state index in [4.69, 9.17) is 20.5 Å². The minimum absolute atomic E-state index is 0.0348. The highest BCUT2D eigenvalue weighted by Crippen LogP contribution is 2.38. The van der Waals surface area contributed by atoms with Crippen molar-refractivity contribution < 1.29 is 14.3 Å². The fourth-order valence-electron chi connectivity index (χ4n) is 2.08. The van der Waals surface area contributed by atoms with E-state index in [1.807, 2.05) is 0 Å². The van der Waals surface area contributed by atoms with E-state index in [-0.39, 0.29) is 5.69 Å². The maximum atomic E-state index is 11.5. The molecule has 0 radical (unpaired) electrons. The molecule has 1 aromatic heterocycles. The molecule has 23 heavy (non-hydrogen) atoms. The molecule has 0 spiro atoms. The number of unbranched alkanes of at least 4 members (excludes halogenated alkanes) is 2. The van der Waals surface area contributed by atoms with Crippen molar-refractivity contribution in [1.82, 2.24) is 15.4 Å². The second kappa shape index (κ2) is 7.79. The number of nitriles is 1. The Bertz CT molecular complexity index is 720. The summed E-state index contributed by atoms with van der Waals surface area (Å²) in [7, 11) is 1.53. The molecule has 2 rings (SSSR count). The predicted molar refractivity (Wildman–Crippen MR) is 81.8 cm³/mol. The Balaban J connectivity index is 2.30. The average Bonchev–Trinajstić information content (AvgIpc) is 3.04. The van der Waals surface area contributed by atoms with Crippen LogP contribution in [0.5, 0.6) is 11.5 Å². The van der Waals surface area contributed by atoms with Gasteiger partial charge < -0.3 is 15.2 Å². The van der Waals surface area contributed by atoms with Gasteiger partial charge in [0, 0.05) is 6.42 Å². The van der Waals surface area contributed by atoms with E-state index >= 15 is 0 Å². The number of nitrogens with one attached hydrogen (secondary N) is 1. The van der Waals surface area contributed by atoms with Gasteiger partial charge in [-0.3, -0.25) is 4.79 Å². The van der Waals surface area contributed by atoms with E-state index in [9.17, 15) is 4.79 Å². The number of hydrogen-bond donors (Lipinski definition) is 2. The summed E-state index contributed by atoms with van der Waals surface area (Å²) in [6.07, 6.45) is 1.96. The Morgan fingerprint density at radius 2 is 2.22 bits per heavy atom. The summed E-state index contributed by atoms with van der Waals surface area (Å²) >= 11 is 0. The highest BCUT2D eigenvalue weighted by Gasteiger charge is 2.21. The number of aromatic nitrogens is 3. The number of hydrogen-bond acceptors (Lipinski definition) is 6. The van der Waals surface area contributed by atoms with Gasteiger partial charge in [0.25, 0.3) is 5.91 Å². The number of ether oxygens (including phenoxy) is 2. The molecule has 0 aliphatic heterocycles. The van der Waals surface area contributed by atoms with Gasteiger partial charge in [0.2, 0.25) is 0 Å². The monoisotopic (exact) mass is 315 g/mol. The first-order chi connectivity index (χ1) is 11.2. The number of nitrogens with zero attached hydrogens (tertiary/aromatic N) is 3. The largest absolute Gasteiger partial charge is 0.493 e. The van der Waals surface area contributed by atoms with Crippen molar-refractivity contribution in [3.8, 4) is 28.8 Å². The lowest BCUT2D eigenvalue weighted by Gasteiger charge is -2.14. The highest BCUT2D eigenvalue weighted by atomic mass is 16.5. The fraction of sp³-hybridized carbons (Fsp3) is 0.333. The molecular formula is C15H17N5O3. The Labute approximate surface area is 133 Å². The topological polar surface area (TPSA) is 127 Å². The van der Waals surface area contributed by atoms with Crippen LogP contribution in [-0.2, 0) is 0 Å². The van der Waals surface area contributed by atoms with Crippen molar-refractivity contribution in [3.05, 3.63) is 23.9 Å². The lowest BCUT2D eigenvalue weighted by atomic mass is 10.1. The standard InChI is InChI=1S/C15H17N5O3/c1-22-11-7-5-6-10(12-13(15(17)21)19-20-18-12)14(11)23-9-4-2-3-8-16/h5-7H,2-4,9H2,1H3,(H2,17,21)(H,18,19,20). The van der Waals surface area contributed by atoms with Gasteiger partial charge in [-0.1, -0.05) is 6.07 Å². The number of amides is 1. The number of methoxy groups -OCH3 is 1. The van der Waals surface area contributed by atoms with Crippen LogP contribution < -0.4 is 15.2 Å². The zero-order chi connectivity index (χ0) is 16.7. The summed E-state index contributed by atoms with van der Waals surface area (Å²) in [5.74, 6) is 0.293. The van der Waals surface area contributed by atoms with Crippen molar-refractivity contribution >= 4 is 5.91 Å². The normalized spacial score (nSPS) is 10.1. The highest BCUT2D eigenvalue weighted by molar-refractivity contribution is 5.97. The summed E-state index contributed by atoms with van der Waals surface area (Å²) in [5, 5.41) is 18.7. The predicted octanol–water partition coefficient (Wildman–Crippen LogP) is 1.65. The minimum Gasteiger partial charge on any atom is -0.493 e. The molecule has 120 valence electrons. The minimum atomic E-state index is -0.684. The third-order valence-electron chi connectivity index (χ3n) is 3.16. The molecular weight excluding hydrogens is 298 g/mol.